The molecular formula is C20H24N2O3. The molecule has 1 amide bonds. The highest BCUT2D eigenvalue weighted by molar-refractivity contribution is 5.98. The number of hydrogen-bond donors (Lipinski definition) is 1. The molecule has 0 aromatic heterocycles. The molecule has 132 valence electrons. The molecule has 5 nitrogen and oxygen atoms in total. The van der Waals surface area contributed by atoms with E-state index < -0.39 is 11.5 Å². The lowest BCUT2D eigenvalue weighted by Crippen LogP contribution is -2.53. The van der Waals surface area contributed by atoms with Crippen LogP contribution in [-0.4, -0.2) is 36.0 Å². The molecule has 2 N–H and O–H groups in total. The van der Waals surface area contributed by atoms with E-state index in [9.17, 15) is 9.59 Å². The number of likely N-dealkylation sites (N-methyl/N-ethyl adjacent to an activating group) is 1. The monoisotopic (exact) mass is 340 g/mol. The molecular weight excluding hydrogens is 316 g/mol. The van der Waals surface area contributed by atoms with E-state index in [0.29, 0.717) is 17.8 Å². The minimum Gasteiger partial charge on any atom is -0.467 e. The molecule has 0 bridgehead atoms. The second kappa shape index (κ2) is 7.38. The maximum atomic E-state index is 12.8. The second-order valence-corrected chi connectivity index (χ2v) is 6.30. The van der Waals surface area contributed by atoms with Crippen molar-refractivity contribution >= 4 is 17.6 Å². The Morgan fingerprint density at radius 3 is 1.92 bits per heavy atom. The van der Waals surface area contributed by atoms with Crippen LogP contribution in [0.15, 0.2) is 48.5 Å². The van der Waals surface area contributed by atoms with Crippen molar-refractivity contribution < 1.29 is 14.3 Å². The number of ether oxygens (including phenoxy) is 1. The van der Waals surface area contributed by atoms with E-state index in [4.69, 9.17) is 10.5 Å². The summed E-state index contributed by atoms with van der Waals surface area (Å²) >= 11 is 0. The molecule has 0 aliphatic carbocycles. The van der Waals surface area contributed by atoms with E-state index in [2.05, 4.69) is 0 Å². The van der Waals surface area contributed by atoms with Gasteiger partial charge in [0.2, 0.25) is 0 Å². The zero-order valence-electron chi connectivity index (χ0n) is 15.1. The van der Waals surface area contributed by atoms with E-state index in [-0.39, 0.29) is 5.91 Å². The number of rotatable bonds is 5. The molecule has 5 heteroatoms. The van der Waals surface area contributed by atoms with Crippen LogP contribution >= 0.6 is 0 Å². The number of benzene rings is 2. The number of carbonyl (C=O) groups is 2. The van der Waals surface area contributed by atoms with Crippen molar-refractivity contribution in [1.82, 2.24) is 4.90 Å². The SMILES string of the molecule is CCN(C(=O)c1ccc(-c2ccc(N)cc2)cc1)C(C)(C)C(=O)OC. The Morgan fingerprint density at radius 1 is 1.00 bits per heavy atom. The Kier molecular flexibility index (Phi) is 5.47. The Bertz CT molecular complexity index is 750. The van der Waals surface area contributed by atoms with E-state index in [1.54, 1.807) is 26.0 Å². The summed E-state index contributed by atoms with van der Waals surface area (Å²) in [5.41, 5.74) is 7.92. The molecule has 0 heterocycles. The van der Waals surface area contributed by atoms with Gasteiger partial charge in [0.25, 0.3) is 5.91 Å². The van der Waals surface area contributed by atoms with Gasteiger partial charge >= 0.3 is 5.97 Å². The molecule has 0 atom stereocenters. The number of esters is 1. The minimum atomic E-state index is -1.03. The maximum absolute atomic E-state index is 12.8. The summed E-state index contributed by atoms with van der Waals surface area (Å²) < 4.78 is 4.83. The van der Waals surface area contributed by atoms with Crippen LogP contribution < -0.4 is 5.73 Å². The van der Waals surface area contributed by atoms with Crippen LogP contribution in [0.4, 0.5) is 5.69 Å². The number of methoxy groups -OCH3 is 1. The van der Waals surface area contributed by atoms with Crippen molar-refractivity contribution in [3.8, 4) is 11.1 Å². The average molecular weight is 340 g/mol. The zero-order valence-corrected chi connectivity index (χ0v) is 15.1. The van der Waals surface area contributed by atoms with Gasteiger partial charge in [-0.25, -0.2) is 4.79 Å². The van der Waals surface area contributed by atoms with Gasteiger partial charge in [0.1, 0.15) is 5.54 Å². The molecule has 2 rings (SSSR count). The summed E-state index contributed by atoms with van der Waals surface area (Å²) in [6.07, 6.45) is 0. The maximum Gasteiger partial charge on any atom is 0.331 e. The molecule has 2 aromatic carbocycles. The molecule has 25 heavy (non-hydrogen) atoms. The van der Waals surface area contributed by atoms with E-state index in [1.807, 2.05) is 43.3 Å². The van der Waals surface area contributed by atoms with Gasteiger partial charge in [-0.3, -0.25) is 4.79 Å². The number of carbonyl (C=O) groups excluding carboxylic acids is 2. The Balaban J connectivity index is 2.27. The number of nitrogens with zero attached hydrogens (tertiary/aromatic N) is 1. The van der Waals surface area contributed by atoms with Crippen molar-refractivity contribution in [1.29, 1.82) is 0 Å². The molecule has 0 radical (unpaired) electrons. The van der Waals surface area contributed by atoms with Gasteiger partial charge < -0.3 is 15.4 Å². The summed E-state index contributed by atoms with van der Waals surface area (Å²) in [4.78, 5) is 26.4. The molecule has 0 spiro atoms. The molecule has 0 saturated carbocycles. The van der Waals surface area contributed by atoms with Gasteiger partial charge in [-0.05, 0) is 56.2 Å². The van der Waals surface area contributed by atoms with Gasteiger partial charge in [0.05, 0.1) is 7.11 Å². The summed E-state index contributed by atoms with van der Waals surface area (Å²) in [7, 11) is 1.32. The van der Waals surface area contributed by atoms with Gasteiger partial charge in [0.15, 0.2) is 0 Å². The smallest absolute Gasteiger partial charge is 0.331 e. The van der Waals surface area contributed by atoms with Crippen molar-refractivity contribution in [2.45, 2.75) is 26.3 Å². The van der Waals surface area contributed by atoms with E-state index in [0.717, 1.165) is 11.1 Å². The van der Waals surface area contributed by atoms with Crippen LogP contribution in [0, 0.1) is 0 Å². The van der Waals surface area contributed by atoms with Crippen molar-refractivity contribution in [3.63, 3.8) is 0 Å². The number of nitrogens with two attached hydrogens (primary N) is 1. The Hall–Kier alpha value is -2.82. The van der Waals surface area contributed by atoms with Crippen molar-refractivity contribution in [2.75, 3.05) is 19.4 Å². The third kappa shape index (κ3) is 3.82. The van der Waals surface area contributed by atoms with Gasteiger partial charge in [-0.1, -0.05) is 24.3 Å². The highest BCUT2D eigenvalue weighted by atomic mass is 16.5. The first-order chi connectivity index (χ1) is 11.8. The highest BCUT2D eigenvalue weighted by Gasteiger charge is 2.38. The standard InChI is InChI=1S/C20H24N2O3/c1-5-22(20(2,3)19(24)25-4)18(23)16-8-6-14(7-9-16)15-10-12-17(21)13-11-15/h6-13H,5,21H2,1-4H3. The largest absolute Gasteiger partial charge is 0.467 e. The number of hydrogen-bond acceptors (Lipinski definition) is 4. The number of nitrogen functional groups attached to an aromatic ring is 1. The third-order valence-electron chi connectivity index (χ3n) is 4.30. The minimum absolute atomic E-state index is 0.207. The Labute approximate surface area is 148 Å². The fourth-order valence-electron chi connectivity index (χ4n) is 2.79. The molecule has 0 fully saturated rings. The number of anilines is 1. The van der Waals surface area contributed by atoms with Gasteiger partial charge in [-0.2, -0.15) is 0 Å². The topological polar surface area (TPSA) is 72.6 Å². The first kappa shape index (κ1) is 18.5. The molecule has 0 unspecified atom stereocenters. The van der Waals surface area contributed by atoms with Crippen LogP contribution in [0.2, 0.25) is 0 Å². The lowest BCUT2D eigenvalue weighted by molar-refractivity contribution is -0.151. The molecule has 0 saturated heterocycles. The van der Waals surface area contributed by atoms with Crippen LogP contribution in [-0.2, 0) is 9.53 Å². The van der Waals surface area contributed by atoms with Crippen LogP contribution in [0.5, 0.6) is 0 Å². The average Bonchev–Trinajstić information content (AvgIpc) is 2.62. The molecule has 0 aliphatic heterocycles. The third-order valence-corrected chi connectivity index (χ3v) is 4.30. The summed E-state index contributed by atoms with van der Waals surface area (Å²) in [5.74, 6) is -0.650. The summed E-state index contributed by atoms with van der Waals surface area (Å²) in [6, 6.07) is 14.9. The quantitative estimate of drug-likeness (QED) is 0.669. The van der Waals surface area contributed by atoms with Crippen LogP contribution in [0.25, 0.3) is 11.1 Å². The lowest BCUT2D eigenvalue weighted by atomic mass is 9.99. The fraction of sp³-hybridized carbons (Fsp3) is 0.300. The van der Waals surface area contributed by atoms with Crippen molar-refractivity contribution in [2.24, 2.45) is 0 Å². The molecule has 2 aromatic rings. The fourth-order valence-corrected chi connectivity index (χ4v) is 2.79. The van der Waals surface area contributed by atoms with Crippen molar-refractivity contribution in [3.05, 3.63) is 54.1 Å². The Morgan fingerprint density at radius 2 is 1.48 bits per heavy atom. The van der Waals surface area contributed by atoms with Crippen LogP contribution in [0.1, 0.15) is 31.1 Å². The first-order valence-corrected chi connectivity index (χ1v) is 8.17. The summed E-state index contributed by atoms with van der Waals surface area (Å²) in [6.45, 7) is 5.61. The molecule has 0 aliphatic rings. The normalized spacial score (nSPS) is 11.0. The predicted octanol–water partition coefficient (Wildman–Crippen LogP) is 3.35. The summed E-state index contributed by atoms with van der Waals surface area (Å²) in [5, 5.41) is 0. The predicted molar refractivity (Wildman–Crippen MR) is 99.1 cm³/mol. The van der Waals surface area contributed by atoms with E-state index >= 15 is 0 Å². The zero-order chi connectivity index (χ0) is 18.6. The second-order valence-electron chi connectivity index (χ2n) is 6.30. The van der Waals surface area contributed by atoms with Gasteiger partial charge in [-0.15, -0.1) is 0 Å². The van der Waals surface area contributed by atoms with E-state index in [1.165, 1.54) is 12.0 Å². The van der Waals surface area contributed by atoms with Gasteiger partial charge in [0, 0.05) is 17.8 Å². The van der Waals surface area contributed by atoms with Crippen LogP contribution in [0.3, 0.4) is 0 Å². The highest BCUT2D eigenvalue weighted by Crippen LogP contribution is 2.23. The number of amides is 1. The first-order valence-electron chi connectivity index (χ1n) is 8.17. The lowest BCUT2D eigenvalue weighted by Gasteiger charge is -2.35.